The molecule has 5 aliphatic rings. The van der Waals surface area contributed by atoms with Crippen LogP contribution in [0, 0.1) is 52.3 Å². The van der Waals surface area contributed by atoms with Gasteiger partial charge < -0.3 is 25.2 Å². The molecule has 224 valence electrons. The fourth-order valence-corrected chi connectivity index (χ4v) is 10.5. The lowest BCUT2D eigenvalue weighted by molar-refractivity contribution is -0.232. The fraction of sp³-hybridized carbons (Fsp3) is 0.941. The number of hydrogen-bond donors (Lipinski definition) is 4. The summed E-state index contributed by atoms with van der Waals surface area (Å²) in [5.74, 6) is 4.34. The molecular formula is C34H58O5. The van der Waals surface area contributed by atoms with E-state index in [0.29, 0.717) is 17.3 Å². The van der Waals surface area contributed by atoms with Crippen LogP contribution in [0.3, 0.4) is 0 Å². The van der Waals surface area contributed by atoms with Crippen LogP contribution in [0.2, 0.25) is 0 Å². The Morgan fingerprint density at radius 1 is 0.949 bits per heavy atom. The van der Waals surface area contributed by atoms with Crippen LogP contribution >= 0.6 is 0 Å². The Morgan fingerprint density at radius 2 is 1.67 bits per heavy atom. The van der Waals surface area contributed by atoms with E-state index in [0.717, 1.165) is 49.4 Å². The van der Waals surface area contributed by atoms with Crippen molar-refractivity contribution in [1.29, 1.82) is 0 Å². The molecule has 14 atom stereocenters. The van der Waals surface area contributed by atoms with Crippen molar-refractivity contribution in [2.75, 3.05) is 0 Å². The van der Waals surface area contributed by atoms with E-state index in [2.05, 4.69) is 33.8 Å². The first kappa shape index (κ1) is 30.0. The smallest absolute Gasteiger partial charge is 0.111 e. The van der Waals surface area contributed by atoms with Crippen molar-refractivity contribution < 1.29 is 25.2 Å². The van der Waals surface area contributed by atoms with Crippen molar-refractivity contribution in [1.82, 2.24) is 0 Å². The molecule has 4 fully saturated rings. The van der Waals surface area contributed by atoms with Crippen molar-refractivity contribution >= 4 is 0 Å². The number of rotatable bonds is 6. The summed E-state index contributed by atoms with van der Waals surface area (Å²) in [6, 6.07) is 0. The van der Waals surface area contributed by atoms with Gasteiger partial charge in [-0.1, -0.05) is 45.8 Å². The number of hydrogen-bond acceptors (Lipinski definition) is 5. The third kappa shape index (κ3) is 5.09. The molecule has 1 saturated heterocycles. The predicted octanol–water partition coefficient (Wildman–Crippen LogP) is 5.87. The Hall–Kier alpha value is -0.460. The minimum atomic E-state index is -1.14. The Kier molecular flexibility index (Phi) is 8.21. The van der Waals surface area contributed by atoms with E-state index in [1.54, 1.807) is 12.5 Å². The average molecular weight is 547 g/mol. The van der Waals surface area contributed by atoms with Crippen LogP contribution in [0.15, 0.2) is 11.6 Å². The molecule has 0 aromatic rings. The van der Waals surface area contributed by atoms with E-state index >= 15 is 0 Å². The number of fused-ring (bicyclic) bond motifs is 5. The van der Waals surface area contributed by atoms with Gasteiger partial charge in [-0.3, -0.25) is 0 Å². The lowest BCUT2D eigenvalue weighted by atomic mass is 9.46. The molecule has 1 heterocycles. The van der Waals surface area contributed by atoms with Crippen molar-refractivity contribution in [3.8, 4) is 0 Å². The van der Waals surface area contributed by atoms with Crippen LogP contribution in [0.1, 0.15) is 113 Å². The lowest BCUT2D eigenvalue weighted by Crippen LogP contribution is -2.59. The van der Waals surface area contributed by atoms with Gasteiger partial charge in [0, 0.05) is 0 Å². The summed E-state index contributed by atoms with van der Waals surface area (Å²) in [7, 11) is 0. The molecule has 3 saturated carbocycles. The predicted molar refractivity (Wildman–Crippen MR) is 155 cm³/mol. The summed E-state index contributed by atoms with van der Waals surface area (Å²) in [5.41, 5.74) is 1.64. The van der Waals surface area contributed by atoms with Gasteiger partial charge >= 0.3 is 0 Å². The Bertz CT molecular complexity index is 910. The van der Waals surface area contributed by atoms with Gasteiger partial charge in [0.25, 0.3) is 0 Å². The van der Waals surface area contributed by atoms with Crippen LogP contribution in [0.25, 0.3) is 0 Å². The quantitative estimate of drug-likeness (QED) is 0.313. The first-order valence-corrected chi connectivity index (χ1v) is 16.3. The summed E-state index contributed by atoms with van der Waals surface area (Å²) in [4.78, 5) is 0. The summed E-state index contributed by atoms with van der Waals surface area (Å²) in [5, 5.41) is 41.8. The summed E-state index contributed by atoms with van der Waals surface area (Å²) < 4.78 is 6.10. The maximum atomic E-state index is 10.8. The van der Waals surface area contributed by atoms with Crippen LogP contribution in [0.5, 0.6) is 0 Å². The third-order valence-electron chi connectivity index (χ3n) is 13.5. The van der Waals surface area contributed by atoms with Gasteiger partial charge in [-0.25, -0.2) is 0 Å². The summed E-state index contributed by atoms with van der Waals surface area (Å²) in [6.07, 6.45) is 10.5. The van der Waals surface area contributed by atoms with Crippen LogP contribution < -0.4 is 0 Å². The second-order valence-electron chi connectivity index (χ2n) is 15.9. The van der Waals surface area contributed by atoms with E-state index in [1.807, 2.05) is 13.8 Å². The highest BCUT2D eigenvalue weighted by Gasteiger charge is 2.59. The highest BCUT2D eigenvalue weighted by Crippen LogP contribution is 2.67. The molecule has 0 amide bonds. The molecular weight excluding hydrogens is 488 g/mol. The largest absolute Gasteiger partial charge is 0.390 e. The van der Waals surface area contributed by atoms with Gasteiger partial charge in [0.05, 0.1) is 17.8 Å². The molecule has 1 aliphatic heterocycles. The monoisotopic (exact) mass is 546 g/mol. The summed E-state index contributed by atoms with van der Waals surface area (Å²) in [6.45, 7) is 15.5. The Morgan fingerprint density at radius 3 is 2.36 bits per heavy atom. The Labute approximate surface area is 237 Å². The van der Waals surface area contributed by atoms with Gasteiger partial charge in [0.15, 0.2) is 0 Å². The lowest BCUT2D eigenvalue weighted by Gasteiger charge is -2.59. The van der Waals surface area contributed by atoms with Gasteiger partial charge in [-0.15, -0.1) is 0 Å². The summed E-state index contributed by atoms with van der Waals surface area (Å²) >= 11 is 0. The normalized spacial score (nSPS) is 49.9. The molecule has 4 aliphatic carbocycles. The molecule has 39 heavy (non-hydrogen) atoms. The Balaban J connectivity index is 1.27. The second-order valence-corrected chi connectivity index (χ2v) is 15.9. The molecule has 5 nitrogen and oxygen atoms in total. The first-order valence-electron chi connectivity index (χ1n) is 16.3. The zero-order valence-corrected chi connectivity index (χ0v) is 25.8. The minimum absolute atomic E-state index is 0.192. The first-order chi connectivity index (χ1) is 18.2. The van der Waals surface area contributed by atoms with Crippen LogP contribution in [0.4, 0.5) is 0 Å². The average Bonchev–Trinajstić information content (AvgIpc) is 3.24. The van der Waals surface area contributed by atoms with Crippen molar-refractivity contribution in [2.24, 2.45) is 52.3 Å². The number of allylic oxidation sites excluding steroid dienone is 2. The highest BCUT2D eigenvalue weighted by molar-refractivity contribution is 5.26. The maximum Gasteiger partial charge on any atom is 0.111 e. The molecule has 0 bridgehead atoms. The number of aliphatic hydroxyl groups excluding tert-OH is 3. The molecule has 0 radical (unpaired) electrons. The van der Waals surface area contributed by atoms with E-state index in [-0.39, 0.29) is 11.3 Å². The van der Waals surface area contributed by atoms with Gasteiger partial charge in [-0.05, 0) is 131 Å². The topological polar surface area (TPSA) is 90.2 Å². The van der Waals surface area contributed by atoms with Crippen molar-refractivity contribution in [3.05, 3.63) is 11.6 Å². The molecule has 5 rings (SSSR count). The number of ether oxygens (including phenoxy) is 1. The van der Waals surface area contributed by atoms with Crippen LogP contribution in [-0.2, 0) is 4.74 Å². The molecule has 0 unspecified atom stereocenters. The van der Waals surface area contributed by atoms with Gasteiger partial charge in [0.2, 0.25) is 0 Å². The van der Waals surface area contributed by atoms with Crippen LogP contribution in [-0.4, -0.2) is 56.5 Å². The molecule has 0 spiro atoms. The zero-order valence-electron chi connectivity index (χ0n) is 25.8. The van der Waals surface area contributed by atoms with Gasteiger partial charge in [0.1, 0.15) is 18.3 Å². The molecule has 0 aromatic heterocycles. The SMILES string of the molecule is C[C@H](CC[C@H](C)C(C)(C)O)[C@H]1CC[C@H]2[C@@H]3CC=C4C[C@@H]([C@@H]5O[C@@H](C)[C@@H](O)[C@@H](O)[C@@H]5O)CC[C@]4(C)[C@H]3CC[C@]12C. The fourth-order valence-electron chi connectivity index (χ4n) is 10.5. The number of aliphatic hydroxyl groups is 4. The molecule has 0 aromatic carbocycles. The van der Waals surface area contributed by atoms with Gasteiger partial charge in [-0.2, -0.15) is 0 Å². The third-order valence-corrected chi connectivity index (χ3v) is 13.5. The minimum Gasteiger partial charge on any atom is -0.390 e. The van der Waals surface area contributed by atoms with Crippen molar-refractivity contribution in [3.63, 3.8) is 0 Å². The van der Waals surface area contributed by atoms with E-state index < -0.39 is 36.1 Å². The van der Waals surface area contributed by atoms with E-state index in [9.17, 15) is 20.4 Å². The second kappa shape index (κ2) is 10.7. The molecule has 4 N–H and O–H groups in total. The molecule has 5 heteroatoms. The zero-order chi connectivity index (χ0) is 28.5. The highest BCUT2D eigenvalue weighted by atomic mass is 16.5. The maximum absolute atomic E-state index is 10.8. The van der Waals surface area contributed by atoms with E-state index in [1.165, 1.54) is 38.5 Å². The van der Waals surface area contributed by atoms with Crippen molar-refractivity contribution in [2.45, 2.75) is 149 Å². The standard InChI is InChI=1S/C34H58O5/c1-19(8-9-20(2)32(4,5)38)25-12-13-26-24-11-10-23-18-22(31-30(37)29(36)28(35)21(3)39-31)14-16-33(23,6)27(24)15-17-34(25,26)7/h10,19-22,24-31,35-38H,8-9,11-18H2,1-7H3/t19-,20+,21+,22+,24+,25-,26+,27+,28-,29-,30+,31+,33+,34-/m1/s1. The van der Waals surface area contributed by atoms with E-state index in [4.69, 9.17) is 4.74 Å².